The van der Waals surface area contributed by atoms with Crippen LogP contribution in [-0.4, -0.2) is 41.0 Å². The summed E-state index contributed by atoms with van der Waals surface area (Å²) in [5, 5.41) is 3.56. The lowest BCUT2D eigenvalue weighted by molar-refractivity contribution is 0.0367. The van der Waals surface area contributed by atoms with Gasteiger partial charge in [-0.1, -0.05) is 30.3 Å². The maximum atomic E-state index is 13.1. The fraction of sp³-hybridized carbons (Fsp3) is 0.217. The molecule has 3 fully saturated rings. The van der Waals surface area contributed by atoms with E-state index in [4.69, 9.17) is 0 Å². The van der Waals surface area contributed by atoms with Crippen molar-refractivity contribution < 1.29 is 9.18 Å². The van der Waals surface area contributed by atoms with Crippen molar-refractivity contribution in [2.75, 3.05) is 13.1 Å². The van der Waals surface area contributed by atoms with Crippen LogP contribution in [0.5, 0.6) is 0 Å². The first-order valence-corrected chi connectivity index (χ1v) is 9.50. The molecule has 3 saturated heterocycles. The number of aromatic nitrogens is 1. The minimum Gasteiger partial charge on any atom is -0.335 e. The van der Waals surface area contributed by atoms with E-state index in [1.807, 2.05) is 17.2 Å². The number of carbonyl (C=O) groups is 1. The molecule has 3 atom stereocenters. The van der Waals surface area contributed by atoms with Crippen LogP contribution in [0.2, 0.25) is 0 Å². The third-order valence-corrected chi connectivity index (χ3v) is 5.80. The quantitative estimate of drug-likeness (QED) is 0.765. The molecule has 140 valence electrons. The molecule has 1 amide bonds. The number of halogens is 1. The SMILES string of the molecule is O=C(c1ccc(F)cc1)N1C[C@@H]2N[C@H](C1)C2c1ccc(-c2cccnc2)cc1. The minimum absolute atomic E-state index is 0.0260. The summed E-state index contributed by atoms with van der Waals surface area (Å²) in [6.45, 7) is 1.34. The number of amides is 1. The van der Waals surface area contributed by atoms with Crippen LogP contribution in [0.15, 0.2) is 73.1 Å². The summed E-state index contributed by atoms with van der Waals surface area (Å²) < 4.78 is 13.1. The van der Waals surface area contributed by atoms with Gasteiger partial charge in [0.05, 0.1) is 0 Å². The van der Waals surface area contributed by atoms with Crippen LogP contribution in [0.1, 0.15) is 21.8 Å². The molecule has 2 aromatic carbocycles. The second kappa shape index (κ2) is 6.84. The Balaban J connectivity index is 1.29. The van der Waals surface area contributed by atoms with Gasteiger partial charge >= 0.3 is 0 Å². The second-order valence-electron chi connectivity index (χ2n) is 7.49. The predicted octanol–water partition coefficient (Wildman–Crippen LogP) is 3.47. The summed E-state index contributed by atoms with van der Waals surface area (Å²) in [4.78, 5) is 18.7. The van der Waals surface area contributed by atoms with Crippen LogP contribution in [0.4, 0.5) is 4.39 Å². The van der Waals surface area contributed by atoms with E-state index < -0.39 is 0 Å². The molecule has 6 rings (SSSR count). The second-order valence-corrected chi connectivity index (χ2v) is 7.49. The van der Waals surface area contributed by atoms with Gasteiger partial charge in [0, 0.05) is 49.0 Å². The van der Waals surface area contributed by atoms with Crippen LogP contribution < -0.4 is 5.32 Å². The summed E-state index contributed by atoms with van der Waals surface area (Å²) >= 11 is 0. The van der Waals surface area contributed by atoms with E-state index in [0.717, 1.165) is 11.1 Å². The standard InChI is InChI=1S/C23H20FN3O/c24-19-9-7-17(8-10-19)23(28)27-13-20-22(21(14-27)26-20)16-5-3-15(4-6-16)18-2-1-11-25-12-18/h1-12,20-22,26H,13-14H2/t20-,21+,22?. The first-order valence-electron chi connectivity index (χ1n) is 9.50. The topological polar surface area (TPSA) is 45.2 Å². The maximum absolute atomic E-state index is 13.1. The van der Waals surface area contributed by atoms with Gasteiger partial charge in [0.1, 0.15) is 5.82 Å². The van der Waals surface area contributed by atoms with Crippen molar-refractivity contribution >= 4 is 5.91 Å². The van der Waals surface area contributed by atoms with Crippen molar-refractivity contribution in [3.63, 3.8) is 0 Å². The number of hydrogen-bond donors (Lipinski definition) is 1. The van der Waals surface area contributed by atoms with Gasteiger partial charge < -0.3 is 10.2 Å². The fourth-order valence-corrected chi connectivity index (χ4v) is 4.36. The number of hydrogen-bond acceptors (Lipinski definition) is 3. The van der Waals surface area contributed by atoms with Crippen LogP contribution in [-0.2, 0) is 0 Å². The van der Waals surface area contributed by atoms with Gasteiger partial charge in [-0.15, -0.1) is 0 Å². The molecule has 4 heterocycles. The molecule has 2 bridgehead atoms. The summed E-state index contributed by atoms with van der Waals surface area (Å²) in [6, 6.07) is 18.9. The van der Waals surface area contributed by atoms with Crippen LogP contribution >= 0.6 is 0 Å². The van der Waals surface area contributed by atoms with Crippen molar-refractivity contribution in [2.45, 2.75) is 18.0 Å². The number of rotatable bonds is 3. The first-order chi connectivity index (χ1) is 13.7. The third-order valence-electron chi connectivity index (χ3n) is 5.80. The van der Waals surface area contributed by atoms with Crippen molar-refractivity contribution in [3.8, 4) is 11.1 Å². The van der Waals surface area contributed by atoms with Gasteiger partial charge in [0.15, 0.2) is 0 Å². The highest BCUT2D eigenvalue weighted by Gasteiger charge is 2.48. The normalized spacial score (nSPS) is 23.2. The summed E-state index contributed by atoms with van der Waals surface area (Å²) in [7, 11) is 0. The summed E-state index contributed by atoms with van der Waals surface area (Å²) in [6.07, 6.45) is 3.64. The highest BCUT2D eigenvalue weighted by atomic mass is 19.1. The van der Waals surface area contributed by atoms with E-state index in [0.29, 0.717) is 24.6 Å². The number of piperidine rings is 1. The molecule has 1 aromatic heterocycles. The molecule has 0 spiro atoms. The monoisotopic (exact) mass is 373 g/mol. The number of nitrogens with one attached hydrogen (secondary N) is 1. The molecule has 1 unspecified atom stereocenters. The van der Waals surface area contributed by atoms with E-state index >= 15 is 0 Å². The minimum atomic E-state index is -0.325. The molecule has 3 aromatic rings. The molecule has 5 heteroatoms. The Hall–Kier alpha value is -3.05. The van der Waals surface area contributed by atoms with Crippen LogP contribution in [0.25, 0.3) is 11.1 Å². The van der Waals surface area contributed by atoms with Crippen molar-refractivity contribution in [1.29, 1.82) is 0 Å². The zero-order valence-electron chi connectivity index (χ0n) is 15.3. The van der Waals surface area contributed by atoms with Gasteiger partial charge in [0.2, 0.25) is 0 Å². The molecule has 0 saturated carbocycles. The highest BCUT2D eigenvalue weighted by Crippen LogP contribution is 2.37. The summed E-state index contributed by atoms with van der Waals surface area (Å²) in [5.74, 6) is 0.0663. The molecule has 4 nitrogen and oxygen atoms in total. The van der Waals surface area contributed by atoms with Gasteiger partial charge in [-0.05, 0) is 47.0 Å². The molecular formula is C23H20FN3O. The molecule has 3 aliphatic heterocycles. The molecule has 3 aliphatic rings. The Bertz CT molecular complexity index is 977. The third kappa shape index (κ3) is 2.98. The number of benzene rings is 2. The average Bonchev–Trinajstić information content (AvgIpc) is 2.75. The summed E-state index contributed by atoms with van der Waals surface area (Å²) in [5.41, 5.74) is 4.11. The predicted molar refractivity (Wildman–Crippen MR) is 105 cm³/mol. The van der Waals surface area contributed by atoms with E-state index in [1.54, 1.807) is 18.3 Å². The molecule has 28 heavy (non-hydrogen) atoms. The van der Waals surface area contributed by atoms with Crippen LogP contribution in [0, 0.1) is 5.82 Å². The molecule has 1 N–H and O–H groups in total. The Labute approximate surface area is 163 Å². The largest absolute Gasteiger partial charge is 0.335 e. The van der Waals surface area contributed by atoms with E-state index in [9.17, 15) is 9.18 Å². The van der Waals surface area contributed by atoms with E-state index in [-0.39, 0.29) is 23.8 Å². The lowest BCUT2D eigenvalue weighted by Gasteiger charge is -2.54. The number of nitrogens with zero attached hydrogens (tertiary/aromatic N) is 2. The lowest BCUT2D eigenvalue weighted by atomic mass is 9.74. The van der Waals surface area contributed by atoms with Gasteiger partial charge in [-0.3, -0.25) is 9.78 Å². The highest BCUT2D eigenvalue weighted by molar-refractivity contribution is 5.94. The lowest BCUT2D eigenvalue weighted by Crippen LogP contribution is -2.72. The van der Waals surface area contributed by atoms with Gasteiger partial charge in [-0.2, -0.15) is 0 Å². The number of pyridine rings is 1. The molecular weight excluding hydrogens is 353 g/mol. The fourth-order valence-electron chi connectivity index (χ4n) is 4.36. The van der Waals surface area contributed by atoms with Crippen LogP contribution in [0.3, 0.4) is 0 Å². The van der Waals surface area contributed by atoms with Crippen molar-refractivity contribution in [3.05, 3.63) is 90.0 Å². The molecule has 0 radical (unpaired) electrons. The zero-order valence-corrected chi connectivity index (χ0v) is 15.3. The number of carbonyl (C=O) groups excluding carboxylic acids is 1. The van der Waals surface area contributed by atoms with E-state index in [2.05, 4.69) is 40.6 Å². The van der Waals surface area contributed by atoms with Gasteiger partial charge in [-0.25, -0.2) is 4.39 Å². The van der Waals surface area contributed by atoms with Crippen molar-refractivity contribution in [2.24, 2.45) is 0 Å². The van der Waals surface area contributed by atoms with Crippen molar-refractivity contribution in [1.82, 2.24) is 15.2 Å². The van der Waals surface area contributed by atoms with E-state index in [1.165, 1.54) is 17.7 Å². The Morgan fingerprint density at radius 3 is 2.32 bits per heavy atom. The smallest absolute Gasteiger partial charge is 0.253 e. The molecule has 0 aliphatic carbocycles. The first kappa shape index (κ1) is 17.1. The maximum Gasteiger partial charge on any atom is 0.253 e. The Morgan fingerprint density at radius 2 is 1.68 bits per heavy atom. The van der Waals surface area contributed by atoms with Gasteiger partial charge in [0.25, 0.3) is 5.91 Å². The Morgan fingerprint density at radius 1 is 0.964 bits per heavy atom. The zero-order chi connectivity index (χ0) is 19.1. The Kier molecular flexibility index (Phi) is 4.17. The average molecular weight is 373 g/mol. The number of piperazine rings is 1. The number of fused-ring (bicyclic) bond motifs is 2.